The van der Waals surface area contributed by atoms with Gasteiger partial charge in [-0.1, -0.05) is 24.3 Å². The molecular formula is C26H22FN7O2. The zero-order chi connectivity index (χ0) is 25.1. The minimum absolute atomic E-state index is 0.0297. The van der Waals surface area contributed by atoms with Crippen molar-refractivity contribution in [2.75, 3.05) is 18.4 Å². The van der Waals surface area contributed by atoms with Gasteiger partial charge in [-0.3, -0.25) is 9.59 Å². The van der Waals surface area contributed by atoms with Crippen LogP contribution in [0.25, 0.3) is 10.8 Å². The molecule has 1 amide bonds. The van der Waals surface area contributed by atoms with Crippen LogP contribution < -0.4 is 10.9 Å². The third kappa shape index (κ3) is 4.77. The minimum Gasteiger partial charge on any atom is -0.350 e. The van der Waals surface area contributed by atoms with Crippen LogP contribution in [0.15, 0.2) is 59.7 Å². The van der Waals surface area contributed by atoms with Gasteiger partial charge in [0.1, 0.15) is 11.9 Å². The maximum Gasteiger partial charge on any atom is 0.272 e. The van der Waals surface area contributed by atoms with Crippen LogP contribution >= 0.6 is 0 Å². The predicted molar refractivity (Wildman–Crippen MR) is 131 cm³/mol. The number of anilines is 1. The lowest BCUT2D eigenvalue weighted by Gasteiger charge is -2.18. The van der Waals surface area contributed by atoms with E-state index in [4.69, 9.17) is 5.26 Å². The summed E-state index contributed by atoms with van der Waals surface area (Å²) in [4.78, 5) is 35.0. The molecule has 5 rings (SSSR count). The van der Waals surface area contributed by atoms with Crippen molar-refractivity contribution >= 4 is 22.6 Å². The number of aromatic amines is 1. The first kappa shape index (κ1) is 23.1. The fourth-order valence-corrected chi connectivity index (χ4v) is 4.39. The van der Waals surface area contributed by atoms with Crippen LogP contribution in [0.4, 0.5) is 10.3 Å². The summed E-state index contributed by atoms with van der Waals surface area (Å²) in [6, 6.07) is 13.7. The Balaban J connectivity index is 1.26. The zero-order valence-electron chi connectivity index (χ0n) is 19.2. The number of amides is 1. The predicted octanol–water partition coefficient (Wildman–Crippen LogP) is 2.84. The van der Waals surface area contributed by atoms with Gasteiger partial charge in [-0.2, -0.15) is 10.4 Å². The monoisotopic (exact) mass is 483 g/mol. The smallest absolute Gasteiger partial charge is 0.272 e. The molecule has 0 radical (unpaired) electrons. The molecule has 2 N–H and O–H groups in total. The molecule has 1 atom stereocenters. The number of hydrogen-bond donors (Lipinski definition) is 2. The van der Waals surface area contributed by atoms with Gasteiger partial charge in [0.05, 0.1) is 34.6 Å². The van der Waals surface area contributed by atoms with E-state index in [-0.39, 0.29) is 23.1 Å². The number of aryl methyl sites for hydroxylation is 2. The van der Waals surface area contributed by atoms with Gasteiger partial charge < -0.3 is 10.2 Å². The quantitative estimate of drug-likeness (QED) is 0.432. The molecule has 0 aliphatic carbocycles. The third-order valence-electron chi connectivity index (χ3n) is 6.28. The number of hydrogen-bond acceptors (Lipinski definition) is 7. The fraction of sp³-hybridized carbons (Fsp3) is 0.231. The number of halogens is 1. The Labute approximate surface area is 205 Å². The van der Waals surface area contributed by atoms with Crippen molar-refractivity contribution in [2.24, 2.45) is 0 Å². The summed E-state index contributed by atoms with van der Waals surface area (Å²) in [5.41, 5.74) is 1.69. The second-order valence-electron chi connectivity index (χ2n) is 8.65. The zero-order valence-corrected chi connectivity index (χ0v) is 19.2. The van der Waals surface area contributed by atoms with Crippen LogP contribution in [-0.2, 0) is 12.8 Å². The number of nitriles is 1. The molecular weight excluding hydrogens is 461 g/mol. The Hall–Kier alpha value is -4.65. The number of nitrogens with zero attached hydrogens (tertiary/aromatic N) is 5. The van der Waals surface area contributed by atoms with E-state index in [0.717, 1.165) is 16.6 Å². The molecule has 180 valence electrons. The van der Waals surface area contributed by atoms with E-state index in [1.807, 2.05) is 18.2 Å². The SMILES string of the molecule is N#Cc1cnc(N[C@@H]2CCN(C(=O)c3cc(CCc4n[nH]c(=O)c5ccccc45)ccc3F)C2)nc1. The summed E-state index contributed by atoms with van der Waals surface area (Å²) in [5.74, 6) is -0.555. The minimum atomic E-state index is -0.566. The average Bonchev–Trinajstić information content (AvgIpc) is 3.38. The molecule has 0 saturated carbocycles. The molecule has 0 spiro atoms. The van der Waals surface area contributed by atoms with Gasteiger partial charge in [0.15, 0.2) is 0 Å². The van der Waals surface area contributed by atoms with Crippen molar-refractivity contribution < 1.29 is 9.18 Å². The molecule has 3 heterocycles. The second-order valence-corrected chi connectivity index (χ2v) is 8.65. The number of benzene rings is 2. The molecule has 1 aliphatic heterocycles. The molecule has 10 heteroatoms. The first-order valence-electron chi connectivity index (χ1n) is 11.5. The van der Waals surface area contributed by atoms with Crippen molar-refractivity contribution in [3.05, 3.63) is 93.4 Å². The Kier molecular flexibility index (Phi) is 6.36. The molecule has 4 aromatic rings. The van der Waals surface area contributed by atoms with Crippen molar-refractivity contribution in [3.8, 4) is 6.07 Å². The van der Waals surface area contributed by atoms with Crippen molar-refractivity contribution in [3.63, 3.8) is 0 Å². The van der Waals surface area contributed by atoms with Crippen LogP contribution in [0.1, 0.15) is 33.6 Å². The average molecular weight is 484 g/mol. The van der Waals surface area contributed by atoms with E-state index >= 15 is 0 Å². The van der Waals surface area contributed by atoms with E-state index < -0.39 is 5.82 Å². The van der Waals surface area contributed by atoms with Crippen molar-refractivity contribution in [2.45, 2.75) is 25.3 Å². The number of rotatable bonds is 6. The lowest BCUT2D eigenvalue weighted by atomic mass is 10.0. The first-order chi connectivity index (χ1) is 17.5. The highest BCUT2D eigenvalue weighted by Gasteiger charge is 2.29. The van der Waals surface area contributed by atoms with Crippen LogP contribution in [0.2, 0.25) is 0 Å². The summed E-state index contributed by atoms with van der Waals surface area (Å²) in [6.07, 6.45) is 4.58. The Bertz CT molecular complexity index is 1530. The van der Waals surface area contributed by atoms with Gasteiger partial charge in [-0.15, -0.1) is 0 Å². The number of likely N-dealkylation sites (tertiary alicyclic amines) is 1. The maximum absolute atomic E-state index is 14.6. The van der Waals surface area contributed by atoms with Gasteiger partial charge in [0, 0.05) is 24.5 Å². The Morgan fingerprint density at radius 2 is 1.94 bits per heavy atom. The lowest BCUT2D eigenvalue weighted by molar-refractivity contribution is 0.0787. The summed E-state index contributed by atoms with van der Waals surface area (Å²) in [6.45, 7) is 0.864. The molecule has 9 nitrogen and oxygen atoms in total. The number of carbonyl (C=O) groups is 1. The lowest BCUT2D eigenvalue weighted by Crippen LogP contribution is -2.32. The second kappa shape index (κ2) is 9.92. The highest BCUT2D eigenvalue weighted by Crippen LogP contribution is 2.21. The van der Waals surface area contributed by atoms with E-state index in [9.17, 15) is 14.0 Å². The van der Waals surface area contributed by atoms with E-state index in [1.54, 1.807) is 29.2 Å². The highest BCUT2D eigenvalue weighted by molar-refractivity contribution is 5.95. The van der Waals surface area contributed by atoms with E-state index in [0.29, 0.717) is 49.2 Å². The first-order valence-corrected chi connectivity index (χ1v) is 11.5. The number of aromatic nitrogens is 4. The van der Waals surface area contributed by atoms with Crippen LogP contribution in [0.5, 0.6) is 0 Å². The molecule has 0 unspecified atom stereocenters. The van der Waals surface area contributed by atoms with Crippen LogP contribution in [0.3, 0.4) is 0 Å². The molecule has 36 heavy (non-hydrogen) atoms. The van der Waals surface area contributed by atoms with Gasteiger partial charge in [0.2, 0.25) is 5.95 Å². The molecule has 1 saturated heterocycles. The van der Waals surface area contributed by atoms with E-state index in [2.05, 4.69) is 25.5 Å². The van der Waals surface area contributed by atoms with Gasteiger partial charge in [-0.25, -0.2) is 19.5 Å². The number of carbonyl (C=O) groups excluding carboxylic acids is 1. The summed E-state index contributed by atoms with van der Waals surface area (Å²) in [5, 5.41) is 20.1. The number of H-pyrrole nitrogens is 1. The molecule has 2 aromatic heterocycles. The number of nitrogens with one attached hydrogen (secondary N) is 2. The van der Waals surface area contributed by atoms with Gasteiger partial charge in [-0.05, 0) is 43.0 Å². The number of fused-ring (bicyclic) bond motifs is 1. The standard InChI is InChI=1S/C26H22FN7O2/c27-22-7-5-16(6-8-23-19-3-1-2-4-20(19)24(35)33-32-23)11-21(22)25(36)34-10-9-18(15-34)31-26-29-13-17(12-28)14-30-26/h1-5,7,11,13-14,18H,6,8-10,15H2,(H,33,35)(H,29,30,31)/t18-/m1/s1. The fourth-order valence-electron chi connectivity index (χ4n) is 4.39. The molecule has 2 aromatic carbocycles. The summed E-state index contributed by atoms with van der Waals surface area (Å²) in [7, 11) is 0. The highest BCUT2D eigenvalue weighted by atomic mass is 19.1. The van der Waals surface area contributed by atoms with Crippen LogP contribution in [-0.4, -0.2) is 50.1 Å². The largest absolute Gasteiger partial charge is 0.350 e. The van der Waals surface area contributed by atoms with Crippen LogP contribution in [0, 0.1) is 17.1 Å². The maximum atomic E-state index is 14.6. The van der Waals surface area contributed by atoms with E-state index in [1.165, 1.54) is 18.5 Å². The summed E-state index contributed by atoms with van der Waals surface area (Å²) >= 11 is 0. The van der Waals surface area contributed by atoms with Gasteiger partial charge in [0.25, 0.3) is 11.5 Å². The topological polar surface area (TPSA) is 128 Å². The van der Waals surface area contributed by atoms with Crippen molar-refractivity contribution in [1.82, 2.24) is 25.1 Å². The summed E-state index contributed by atoms with van der Waals surface area (Å²) < 4.78 is 14.6. The van der Waals surface area contributed by atoms with Gasteiger partial charge >= 0.3 is 0 Å². The molecule has 0 bridgehead atoms. The normalized spacial score (nSPS) is 15.1. The third-order valence-corrected chi connectivity index (χ3v) is 6.28. The Morgan fingerprint density at radius 3 is 2.72 bits per heavy atom. The Morgan fingerprint density at radius 1 is 1.17 bits per heavy atom. The molecule has 1 aliphatic rings. The van der Waals surface area contributed by atoms with Crippen molar-refractivity contribution in [1.29, 1.82) is 5.26 Å². The molecule has 1 fully saturated rings.